The van der Waals surface area contributed by atoms with Crippen molar-refractivity contribution in [1.29, 1.82) is 0 Å². The van der Waals surface area contributed by atoms with Crippen LogP contribution in [0.4, 0.5) is 0 Å². The van der Waals surface area contributed by atoms with Crippen LogP contribution in [0.1, 0.15) is 51.4 Å². The maximum atomic E-state index is 12.6. The molecule has 0 radical (unpaired) electrons. The van der Waals surface area contributed by atoms with Crippen LogP contribution >= 0.6 is 12.4 Å². The van der Waals surface area contributed by atoms with Gasteiger partial charge < -0.3 is 10.2 Å². The van der Waals surface area contributed by atoms with Crippen molar-refractivity contribution in [2.24, 2.45) is 29.6 Å². The van der Waals surface area contributed by atoms with Gasteiger partial charge in [0.2, 0.25) is 5.91 Å². The van der Waals surface area contributed by atoms with E-state index in [9.17, 15) is 4.79 Å². The Morgan fingerprint density at radius 3 is 2.27 bits per heavy atom. The zero-order chi connectivity index (χ0) is 14.4. The molecule has 1 unspecified atom stereocenters. The van der Waals surface area contributed by atoms with Gasteiger partial charge in [-0.25, -0.2) is 0 Å². The molecule has 1 atom stereocenters. The van der Waals surface area contributed by atoms with E-state index in [0.717, 1.165) is 55.5 Å². The summed E-state index contributed by atoms with van der Waals surface area (Å²) in [7, 11) is 2.10. The molecule has 22 heavy (non-hydrogen) atoms. The normalized spacial score (nSPS) is 42.2. The number of carbonyl (C=O) groups is 1. The average molecular weight is 327 g/mol. The molecule has 1 saturated heterocycles. The van der Waals surface area contributed by atoms with Gasteiger partial charge in [0, 0.05) is 19.5 Å². The molecular weight excluding hydrogens is 296 g/mol. The SMILES string of the molecule is CN(C(=O)CCC1CCNC1)C1C2CC3CC(C2)CC1C3.Cl. The van der Waals surface area contributed by atoms with Crippen LogP contribution in [0, 0.1) is 29.6 Å². The fourth-order valence-electron chi connectivity index (χ4n) is 6.16. The second kappa shape index (κ2) is 6.68. The average Bonchev–Trinajstić information content (AvgIpc) is 2.96. The van der Waals surface area contributed by atoms with Crippen LogP contribution in [0.15, 0.2) is 0 Å². The van der Waals surface area contributed by atoms with Crippen LogP contribution in [0.3, 0.4) is 0 Å². The minimum atomic E-state index is 0. The van der Waals surface area contributed by atoms with Crippen LogP contribution in [0.2, 0.25) is 0 Å². The summed E-state index contributed by atoms with van der Waals surface area (Å²) in [6.07, 6.45) is 10.2. The van der Waals surface area contributed by atoms with E-state index in [-0.39, 0.29) is 12.4 Å². The van der Waals surface area contributed by atoms with Crippen molar-refractivity contribution in [3.05, 3.63) is 0 Å². The molecule has 3 nitrogen and oxygen atoms in total. The van der Waals surface area contributed by atoms with Crippen molar-refractivity contribution in [2.45, 2.75) is 57.4 Å². The van der Waals surface area contributed by atoms with Gasteiger partial charge in [0.15, 0.2) is 0 Å². The fraction of sp³-hybridized carbons (Fsp3) is 0.944. The van der Waals surface area contributed by atoms with Gasteiger partial charge in [0.05, 0.1) is 0 Å². The molecule has 4 heteroatoms. The minimum Gasteiger partial charge on any atom is -0.342 e. The lowest BCUT2D eigenvalue weighted by Gasteiger charge is -2.56. The fourth-order valence-corrected chi connectivity index (χ4v) is 6.16. The lowest BCUT2D eigenvalue weighted by molar-refractivity contribution is -0.141. The van der Waals surface area contributed by atoms with Crippen molar-refractivity contribution >= 4 is 18.3 Å². The molecule has 1 heterocycles. The molecule has 5 aliphatic rings. The van der Waals surface area contributed by atoms with Gasteiger partial charge in [-0.2, -0.15) is 0 Å². The highest BCUT2D eigenvalue weighted by Crippen LogP contribution is 2.55. The summed E-state index contributed by atoms with van der Waals surface area (Å²) in [5.74, 6) is 4.79. The molecule has 0 aromatic rings. The smallest absolute Gasteiger partial charge is 0.222 e. The number of nitrogens with one attached hydrogen (secondary N) is 1. The maximum Gasteiger partial charge on any atom is 0.222 e. The van der Waals surface area contributed by atoms with E-state index >= 15 is 0 Å². The predicted molar refractivity (Wildman–Crippen MR) is 91.1 cm³/mol. The van der Waals surface area contributed by atoms with E-state index in [2.05, 4.69) is 17.3 Å². The van der Waals surface area contributed by atoms with E-state index in [1.54, 1.807) is 0 Å². The first-order valence-corrected chi connectivity index (χ1v) is 9.17. The second-order valence-electron chi connectivity index (χ2n) is 8.32. The van der Waals surface area contributed by atoms with E-state index < -0.39 is 0 Å². The van der Waals surface area contributed by atoms with E-state index in [1.165, 1.54) is 38.5 Å². The van der Waals surface area contributed by atoms with Gasteiger partial charge in [-0.05, 0) is 87.6 Å². The summed E-state index contributed by atoms with van der Waals surface area (Å²) in [5.41, 5.74) is 0. The summed E-state index contributed by atoms with van der Waals surface area (Å²) in [6, 6.07) is 0.576. The van der Waals surface area contributed by atoms with Crippen LogP contribution < -0.4 is 5.32 Å². The lowest BCUT2D eigenvalue weighted by Crippen LogP contribution is -2.56. The molecule has 0 aromatic carbocycles. The summed E-state index contributed by atoms with van der Waals surface area (Å²) >= 11 is 0. The number of nitrogens with zero attached hydrogens (tertiary/aromatic N) is 1. The molecule has 5 rings (SSSR count). The zero-order valence-electron chi connectivity index (χ0n) is 13.8. The molecule has 4 saturated carbocycles. The molecular formula is C18H31ClN2O. The third-order valence-electron chi connectivity index (χ3n) is 6.95. The highest BCUT2D eigenvalue weighted by Gasteiger charge is 2.50. The monoisotopic (exact) mass is 326 g/mol. The van der Waals surface area contributed by atoms with Gasteiger partial charge in [0.25, 0.3) is 0 Å². The van der Waals surface area contributed by atoms with Gasteiger partial charge in [-0.15, -0.1) is 12.4 Å². The Balaban J connectivity index is 0.00000144. The largest absolute Gasteiger partial charge is 0.342 e. The third-order valence-corrected chi connectivity index (χ3v) is 6.95. The third kappa shape index (κ3) is 3.03. The highest BCUT2D eigenvalue weighted by atomic mass is 35.5. The molecule has 126 valence electrons. The number of carbonyl (C=O) groups excluding carboxylic acids is 1. The van der Waals surface area contributed by atoms with Gasteiger partial charge in [-0.3, -0.25) is 4.79 Å². The topological polar surface area (TPSA) is 32.3 Å². The molecule has 0 aromatic heterocycles. The van der Waals surface area contributed by atoms with E-state index in [4.69, 9.17) is 0 Å². The van der Waals surface area contributed by atoms with E-state index in [0.29, 0.717) is 11.9 Å². The quantitative estimate of drug-likeness (QED) is 0.861. The Hall–Kier alpha value is -0.280. The number of amides is 1. The highest BCUT2D eigenvalue weighted by molar-refractivity contribution is 5.85. The van der Waals surface area contributed by atoms with Crippen molar-refractivity contribution in [3.8, 4) is 0 Å². The van der Waals surface area contributed by atoms with Gasteiger partial charge in [-0.1, -0.05) is 0 Å². The first kappa shape index (κ1) is 16.6. The molecule has 1 aliphatic heterocycles. The van der Waals surface area contributed by atoms with Gasteiger partial charge >= 0.3 is 0 Å². The van der Waals surface area contributed by atoms with Crippen molar-refractivity contribution < 1.29 is 4.79 Å². The molecule has 4 bridgehead atoms. The molecule has 4 aliphatic carbocycles. The van der Waals surface area contributed by atoms with Crippen molar-refractivity contribution in [1.82, 2.24) is 10.2 Å². The van der Waals surface area contributed by atoms with Crippen molar-refractivity contribution in [2.75, 3.05) is 20.1 Å². The second-order valence-corrected chi connectivity index (χ2v) is 8.32. The minimum absolute atomic E-state index is 0. The molecule has 1 amide bonds. The molecule has 0 spiro atoms. The van der Waals surface area contributed by atoms with Crippen LogP contribution in [-0.4, -0.2) is 37.0 Å². The Kier molecular flexibility index (Phi) is 5.04. The summed E-state index contributed by atoms with van der Waals surface area (Å²) in [5, 5.41) is 3.41. The number of hydrogen-bond acceptors (Lipinski definition) is 2. The van der Waals surface area contributed by atoms with E-state index in [1.807, 2.05) is 0 Å². The first-order chi connectivity index (χ1) is 10.2. The number of hydrogen-bond donors (Lipinski definition) is 1. The van der Waals surface area contributed by atoms with Crippen LogP contribution in [-0.2, 0) is 4.79 Å². The van der Waals surface area contributed by atoms with Crippen LogP contribution in [0.5, 0.6) is 0 Å². The Bertz CT molecular complexity index is 380. The van der Waals surface area contributed by atoms with Crippen molar-refractivity contribution in [3.63, 3.8) is 0 Å². The van der Waals surface area contributed by atoms with Crippen LogP contribution in [0.25, 0.3) is 0 Å². The lowest BCUT2D eigenvalue weighted by atomic mass is 9.54. The summed E-state index contributed by atoms with van der Waals surface area (Å²) < 4.78 is 0. The Morgan fingerprint density at radius 1 is 1.09 bits per heavy atom. The Labute approximate surface area is 141 Å². The standard InChI is InChI=1S/C18H30N2O.ClH/c1-20(17(21)3-2-12-4-5-19-11-12)18-15-7-13-6-14(9-15)10-16(18)8-13;/h12-16,18-19H,2-11H2,1H3;1H. The molecule has 5 fully saturated rings. The zero-order valence-corrected chi connectivity index (χ0v) is 14.6. The molecule has 1 N–H and O–H groups in total. The predicted octanol–water partition coefficient (Wildman–Crippen LogP) is 3.08. The number of rotatable bonds is 4. The summed E-state index contributed by atoms with van der Waals surface area (Å²) in [6.45, 7) is 2.26. The first-order valence-electron chi connectivity index (χ1n) is 9.17. The maximum absolute atomic E-state index is 12.6. The van der Waals surface area contributed by atoms with Gasteiger partial charge in [0.1, 0.15) is 0 Å². The Morgan fingerprint density at radius 2 is 1.73 bits per heavy atom. The number of halogens is 1. The summed E-state index contributed by atoms with van der Waals surface area (Å²) in [4.78, 5) is 14.8.